The number of aryl methyl sites for hydroxylation is 1. The van der Waals surface area contributed by atoms with Gasteiger partial charge in [0.05, 0.1) is 17.0 Å². The molecule has 5 nitrogen and oxygen atoms in total. The van der Waals surface area contributed by atoms with E-state index in [1.807, 2.05) is 11.6 Å². The van der Waals surface area contributed by atoms with E-state index in [4.69, 9.17) is 0 Å². The highest BCUT2D eigenvalue weighted by Crippen LogP contribution is 2.32. The van der Waals surface area contributed by atoms with Crippen LogP contribution in [-0.2, 0) is 11.8 Å². The lowest BCUT2D eigenvalue weighted by Gasteiger charge is -2.40. The van der Waals surface area contributed by atoms with E-state index in [-0.39, 0.29) is 17.6 Å². The summed E-state index contributed by atoms with van der Waals surface area (Å²) in [6.07, 6.45) is 2.08. The maximum atomic E-state index is 13.4. The van der Waals surface area contributed by atoms with Gasteiger partial charge >= 0.3 is 0 Å². The Balaban J connectivity index is 1.67. The Morgan fingerprint density at radius 2 is 2.23 bits per heavy atom. The monoisotopic (exact) mass is 302 g/mol. The normalized spacial score (nSPS) is 25.2. The van der Waals surface area contributed by atoms with Gasteiger partial charge < -0.3 is 14.8 Å². The van der Waals surface area contributed by atoms with E-state index >= 15 is 0 Å². The van der Waals surface area contributed by atoms with Crippen LogP contribution < -0.4 is 10.2 Å². The zero-order valence-electron chi connectivity index (χ0n) is 12.6. The quantitative estimate of drug-likeness (QED) is 0.872. The van der Waals surface area contributed by atoms with Gasteiger partial charge in [0.25, 0.3) is 0 Å². The predicted molar refractivity (Wildman–Crippen MR) is 82.1 cm³/mol. The van der Waals surface area contributed by atoms with Crippen molar-refractivity contribution in [2.75, 3.05) is 24.5 Å². The number of piperidine rings is 2. The first kappa shape index (κ1) is 13.5. The number of fused-ring (bicyclic) bond motifs is 2. The molecule has 3 heterocycles. The van der Waals surface area contributed by atoms with Crippen molar-refractivity contribution in [1.29, 1.82) is 0 Å². The molecule has 1 aromatic heterocycles. The van der Waals surface area contributed by atoms with Crippen molar-refractivity contribution >= 4 is 22.9 Å². The van der Waals surface area contributed by atoms with E-state index in [0.29, 0.717) is 18.0 Å². The highest BCUT2D eigenvalue weighted by Gasteiger charge is 2.37. The number of nitrogens with zero attached hydrogens (tertiary/aromatic N) is 3. The van der Waals surface area contributed by atoms with Crippen LogP contribution in [0.1, 0.15) is 12.8 Å². The number of amides is 1. The fourth-order valence-electron chi connectivity index (χ4n) is 3.78. The van der Waals surface area contributed by atoms with Gasteiger partial charge in [-0.1, -0.05) is 0 Å². The van der Waals surface area contributed by atoms with Gasteiger partial charge in [-0.05, 0) is 30.9 Å². The highest BCUT2D eigenvalue weighted by atomic mass is 19.1. The Morgan fingerprint density at radius 1 is 1.36 bits per heavy atom. The van der Waals surface area contributed by atoms with Gasteiger partial charge in [0.15, 0.2) is 0 Å². The Bertz CT molecular complexity index is 741. The van der Waals surface area contributed by atoms with Crippen molar-refractivity contribution in [3.63, 3.8) is 0 Å². The second kappa shape index (κ2) is 4.97. The Kier molecular flexibility index (Phi) is 3.06. The summed E-state index contributed by atoms with van der Waals surface area (Å²) in [6, 6.07) is 4.66. The third-order valence-electron chi connectivity index (χ3n) is 5.01. The average molecular weight is 302 g/mol. The third-order valence-corrected chi connectivity index (χ3v) is 5.01. The number of rotatable bonds is 1. The molecule has 116 valence electrons. The lowest BCUT2D eigenvalue weighted by atomic mass is 9.80. The summed E-state index contributed by atoms with van der Waals surface area (Å²) in [6.45, 7) is 2.38. The average Bonchev–Trinajstić information content (AvgIpc) is 2.84. The SMILES string of the molecule is Cn1c(N2CC[C@@H]3CCNC(=O)[C@@H]3C2)nc2cc(F)ccc21. The van der Waals surface area contributed by atoms with E-state index < -0.39 is 0 Å². The van der Waals surface area contributed by atoms with Crippen molar-refractivity contribution in [3.8, 4) is 0 Å². The third kappa shape index (κ3) is 2.05. The van der Waals surface area contributed by atoms with Gasteiger partial charge in [-0.2, -0.15) is 0 Å². The summed E-state index contributed by atoms with van der Waals surface area (Å²) in [7, 11) is 1.94. The highest BCUT2D eigenvalue weighted by molar-refractivity contribution is 5.81. The summed E-state index contributed by atoms with van der Waals surface area (Å²) in [4.78, 5) is 18.8. The minimum absolute atomic E-state index is 0.0408. The van der Waals surface area contributed by atoms with Crippen molar-refractivity contribution in [2.45, 2.75) is 12.8 Å². The van der Waals surface area contributed by atoms with Crippen molar-refractivity contribution in [2.24, 2.45) is 18.9 Å². The van der Waals surface area contributed by atoms with E-state index in [1.54, 1.807) is 6.07 Å². The fourth-order valence-corrected chi connectivity index (χ4v) is 3.78. The van der Waals surface area contributed by atoms with Gasteiger partial charge in [0, 0.05) is 32.7 Å². The number of aromatic nitrogens is 2. The standard InChI is InChI=1S/C16H19FN4O/c1-20-14-3-2-11(17)8-13(14)19-16(20)21-7-5-10-4-6-18-15(22)12(10)9-21/h2-3,8,10,12H,4-7,9H2,1H3,(H,18,22)/t10-,12+/m0/s1. The Hall–Kier alpha value is -2.11. The molecule has 0 bridgehead atoms. The summed E-state index contributed by atoms with van der Waals surface area (Å²) in [5, 5.41) is 2.96. The van der Waals surface area contributed by atoms with Gasteiger partial charge in [0.2, 0.25) is 11.9 Å². The van der Waals surface area contributed by atoms with Crippen molar-refractivity contribution in [3.05, 3.63) is 24.0 Å². The number of carbonyl (C=O) groups excluding carboxylic acids is 1. The molecule has 2 atom stereocenters. The molecule has 1 N–H and O–H groups in total. The first-order valence-electron chi connectivity index (χ1n) is 7.78. The van der Waals surface area contributed by atoms with E-state index in [0.717, 1.165) is 37.4 Å². The number of imidazole rings is 1. The van der Waals surface area contributed by atoms with Gasteiger partial charge in [-0.15, -0.1) is 0 Å². The lowest BCUT2D eigenvalue weighted by molar-refractivity contribution is -0.129. The van der Waals surface area contributed by atoms with E-state index in [2.05, 4.69) is 15.2 Å². The maximum absolute atomic E-state index is 13.4. The molecule has 2 saturated heterocycles. The lowest BCUT2D eigenvalue weighted by Crippen LogP contribution is -2.52. The molecule has 0 aliphatic carbocycles. The number of hydrogen-bond acceptors (Lipinski definition) is 3. The molecule has 0 radical (unpaired) electrons. The second-order valence-corrected chi connectivity index (χ2v) is 6.28. The number of hydrogen-bond donors (Lipinski definition) is 1. The van der Waals surface area contributed by atoms with E-state index in [1.165, 1.54) is 12.1 Å². The number of halogens is 1. The molecule has 2 aromatic rings. The molecule has 2 aliphatic rings. The first-order chi connectivity index (χ1) is 10.6. The van der Waals surface area contributed by atoms with Crippen LogP contribution >= 0.6 is 0 Å². The Labute approximate surface area is 128 Å². The molecular weight excluding hydrogens is 283 g/mol. The minimum Gasteiger partial charge on any atom is -0.356 e. The minimum atomic E-state index is -0.275. The van der Waals surface area contributed by atoms with Gasteiger partial charge in [0.1, 0.15) is 5.82 Å². The van der Waals surface area contributed by atoms with E-state index in [9.17, 15) is 9.18 Å². The summed E-state index contributed by atoms with van der Waals surface area (Å²) in [5.74, 6) is 1.22. The molecule has 6 heteroatoms. The van der Waals surface area contributed by atoms with Gasteiger partial charge in [-0.25, -0.2) is 9.37 Å². The van der Waals surface area contributed by atoms with Crippen molar-refractivity contribution < 1.29 is 9.18 Å². The predicted octanol–water partition coefficient (Wildman–Crippen LogP) is 1.67. The summed E-state index contributed by atoms with van der Waals surface area (Å²) >= 11 is 0. The van der Waals surface area contributed by atoms with Crippen LogP contribution in [0, 0.1) is 17.7 Å². The van der Waals surface area contributed by atoms with Crippen LogP contribution in [0.2, 0.25) is 0 Å². The summed E-state index contributed by atoms with van der Waals surface area (Å²) in [5.41, 5.74) is 1.57. The molecule has 1 amide bonds. The number of benzene rings is 1. The second-order valence-electron chi connectivity index (χ2n) is 6.28. The molecule has 0 unspecified atom stereocenters. The van der Waals surface area contributed by atoms with Crippen LogP contribution in [0.25, 0.3) is 11.0 Å². The molecule has 4 rings (SSSR count). The molecule has 1 aromatic carbocycles. The van der Waals surface area contributed by atoms with Crippen LogP contribution in [-0.4, -0.2) is 35.1 Å². The zero-order valence-corrected chi connectivity index (χ0v) is 12.6. The number of anilines is 1. The maximum Gasteiger partial charge on any atom is 0.225 e. The van der Waals surface area contributed by atoms with Crippen LogP contribution in [0.5, 0.6) is 0 Å². The van der Waals surface area contributed by atoms with Crippen LogP contribution in [0.15, 0.2) is 18.2 Å². The zero-order chi connectivity index (χ0) is 15.3. The number of nitrogens with one attached hydrogen (secondary N) is 1. The molecule has 2 aliphatic heterocycles. The molecular formula is C16H19FN4O. The van der Waals surface area contributed by atoms with Crippen LogP contribution in [0.4, 0.5) is 10.3 Å². The topological polar surface area (TPSA) is 50.2 Å². The van der Waals surface area contributed by atoms with Crippen molar-refractivity contribution in [1.82, 2.24) is 14.9 Å². The largest absolute Gasteiger partial charge is 0.356 e. The van der Waals surface area contributed by atoms with Gasteiger partial charge in [-0.3, -0.25) is 4.79 Å². The molecule has 22 heavy (non-hydrogen) atoms. The molecule has 0 spiro atoms. The fraction of sp³-hybridized carbons (Fsp3) is 0.500. The molecule has 0 saturated carbocycles. The summed E-state index contributed by atoms with van der Waals surface area (Å²) < 4.78 is 15.4. The number of carbonyl (C=O) groups is 1. The first-order valence-corrected chi connectivity index (χ1v) is 7.78. The van der Waals surface area contributed by atoms with Crippen LogP contribution in [0.3, 0.4) is 0 Å². The molecule has 2 fully saturated rings. The smallest absolute Gasteiger partial charge is 0.225 e. The Morgan fingerprint density at radius 3 is 3.09 bits per heavy atom.